The Balaban J connectivity index is 1.91. The standard InChI is InChI=1S/C16H20N4O3S2/c1-10-8-11(2)20(18-10)14(15-6-5-7-24-15)9-17-25(21,22)16-12(3)19-23-13(16)4/h5-8,14,17H,9H2,1-4H3. The quantitative estimate of drug-likeness (QED) is 0.710. The Bertz CT molecular complexity index is 952. The third-order valence-electron chi connectivity index (χ3n) is 3.91. The van der Waals surface area contributed by atoms with E-state index in [4.69, 9.17) is 4.52 Å². The molecule has 3 heterocycles. The molecule has 0 aliphatic heterocycles. The van der Waals surface area contributed by atoms with Gasteiger partial charge >= 0.3 is 0 Å². The maximum Gasteiger partial charge on any atom is 0.246 e. The number of aromatic nitrogens is 3. The fourth-order valence-corrected chi connectivity index (χ4v) is 5.04. The van der Waals surface area contributed by atoms with E-state index in [2.05, 4.69) is 15.0 Å². The van der Waals surface area contributed by atoms with Crippen LogP contribution in [0.3, 0.4) is 0 Å². The molecular weight excluding hydrogens is 360 g/mol. The molecular formula is C16H20N4O3S2. The monoisotopic (exact) mass is 380 g/mol. The number of nitrogens with zero attached hydrogens (tertiary/aromatic N) is 3. The summed E-state index contributed by atoms with van der Waals surface area (Å²) in [5.74, 6) is 0.281. The molecule has 25 heavy (non-hydrogen) atoms. The van der Waals surface area contributed by atoms with Crippen LogP contribution in [0, 0.1) is 27.7 Å². The fourth-order valence-electron chi connectivity index (χ4n) is 2.87. The summed E-state index contributed by atoms with van der Waals surface area (Å²) in [5, 5.41) is 10.2. The second-order valence-corrected chi connectivity index (χ2v) is 8.59. The van der Waals surface area contributed by atoms with Crippen LogP contribution < -0.4 is 4.72 Å². The highest BCUT2D eigenvalue weighted by atomic mass is 32.2. The molecule has 1 N–H and O–H groups in total. The lowest BCUT2D eigenvalue weighted by molar-refractivity contribution is 0.390. The zero-order valence-electron chi connectivity index (χ0n) is 14.5. The first-order valence-corrected chi connectivity index (χ1v) is 10.1. The Morgan fingerprint density at radius 2 is 2.08 bits per heavy atom. The van der Waals surface area contributed by atoms with Crippen LogP contribution >= 0.6 is 11.3 Å². The number of nitrogens with one attached hydrogen (secondary N) is 1. The first kappa shape index (κ1) is 17.8. The van der Waals surface area contributed by atoms with E-state index >= 15 is 0 Å². The van der Waals surface area contributed by atoms with Crippen molar-refractivity contribution in [2.75, 3.05) is 6.54 Å². The Morgan fingerprint density at radius 3 is 2.60 bits per heavy atom. The van der Waals surface area contributed by atoms with Crippen LogP contribution in [0.5, 0.6) is 0 Å². The first-order valence-electron chi connectivity index (χ1n) is 7.78. The fraction of sp³-hybridized carbons (Fsp3) is 0.375. The van der Waals surface area contributed by atoms with Gasteiger partial charge in [-0.3, -0.25) is 4.68 Å². The van der Waals surface area contributed by atoms with Crippen LogP contribution in [-0.2, 0) is 10.0 Å². The minimum atomic E-state index is -3.72. The molecule has 3 aromatic rings. The van der Waals surface area contributed by atoms with Gasteiger partial charge in [-0.1, -0.05) is 11.2 Å². The first-order chi connectivity index (χ1) is 11.8. The van der Waals surface area contributed by atoms with Gasteiger partial charge in [0.25, 0.3) is 0 Å². The van der Waals surface area contributed by atoms with Crippen molar-refractivity contribution in [3.05, 3.63) is 51.3 Å². The van der Waals surface area contributed by atoms with E-state index in [1.54, 1.807) is 25.2 Å². The summed E-state index contributed by atoms with van der Waals surface area (Å²) in [6.07, 6.45) is 0. The molecule has 0 bridgehead atoms. The second-order valence-electron chi connectivity index (χ2n) is 5.91. The van der Waals surface area contributed by atoms with Crippen molar-refractivity contribution >= 4 is 21.4 Å². The van der Waals surface area contributed by atoms with Crippen molar-refractivity contribution < 1.29 is 12.9 Å². The molecule has 0 aliphatic carbocycles. The Labute approximate surface area is 150 Å². The molecule has 134 valence electrons. The molecule has 0 saturated carbocycles. The highest BCUT2D eigenvalue weighted by Crippen LogP contribution is 2.25. The molecule has 0 saturated heterocycles. The van der Waals surface area contributed by atoms with Crippen molar-refractivity contribution in [2.45, 2.75) is 38.6 Å². The van der Waals surface area contributed by atoms with Gasteiger partial charge in [-0.15, -0.1) is 11.3 Å². The van der Waals surface area contributed by atoms with Crippen LogP contribution in [0.25, 0.3) is 0 Å². The maximum atomic E-state index is 12.7. The van der Waals surface area contributed by atoms with Crippen molar-refractivity contribution in [1.29, 1.82) is 0 Å². The van der Waals surface area contributed by atoms with Gasteiger partial charge < -0.3 is 4.52 Å². The smallest absolute Gasteiger partial charge is 0.246 e. The number of thiophene rings is 1. The van der Waals surface area contributed by atoms with Gasteiger partial charge in [-0.05, 0) is 45.2 Å². The predicted octanol–water partition coefficient (Wildman–Crippen LogP) is 2.73. The number of sulfonamides is 1. The molecule has 0 amide bonds. The Morgan fingerprint density at radius 1 is 1.32 bits per heavy atom. The van der Waals surface area contributed by atoms with Gasteiger partial charge in [0.1, 0.15) is 10.6 Å². The van der Waals surface area contributed by atoms with E-state index < -0.39 is 10.0 Å². The number of rotatable bonds is 6. The lowest BCUT2D eigenvalue weighted by Gasteiger charge is -2.19. The number of aryl methyl sites for hydroxylation is 4. The van der Waals surface area contributed by atoms with E-state index in [0.29, 0.717) is 5.69 Å². The third-order valence-corrected chi connectivity index (χ3v) is 6.56. The topological polar surface area (TPSA) is 90.0 Å². The molecule has 0 aliphatic rings. The minimum Gasteiger partial charge on any atom is -0.360 e. The average Bonchev–Trinajstić information content (AvgIpc) is 3.23. The van der Waals surface area contributed by atoms with Crippen LogP contribution in [0.2, 0.25) is 0 Å². The molecule has 0 spiro atoms. The number of hydrogen-bond acceptors (Lipinski definition) is 6. The summed E-state index contributed by atoms with van der Waals surface area (Å²) in [6, 6.07) is 5.69. The van der Waals surface area contributed by atoms with Crippen molar-refractivity contribution in [2.24, 2.45) is 0 Å². The molecule has 0 fully saturated rings. The molecule has 3 rings (SSSR count). The summed E-state index contributed by atoms with van der Waals surface area (Å²) in [7, 11) is -3.72. The lowest BCUT2D eigenvalue weighted by atomic mass is 10.2. The van der Waals surface area contributed by atoms with Crippen molar-refractivity contribution in [3.8, 4) is 0 Å². The summed E-state index contributed by atoms with van der Waals surface area (Å²) >= 11 is 1.57. The Kier molecular flexibility index (Phi) is 4.81. The van der Waals surface area contributed by atoms with Gasteiger partial charge in [0.2, 0.25) is 10.0 Å². The van der Waals surface area contributed by atoms with Crippen molar-refractivity contribution in [1.82, 2.24) is 19.7 Å². The van der Waals surface area contributed by atoms with Gasteiger partial charge in [0, 0.05) is 17.1 Å². The van der Waals surface area contributed by atoms with Gasteiger partial charge in [-0.2, -0.15) is 5.10 Å². The van der Waals surface area contributed by atoms with Gasteiger partial charge in [0.15, 0.2) is 5.76 Å². The van der Waals surface area contributed by atoms with E-state index in [0.717, 1.165) is 16.3 Å². The second kappa shape index (κ2) is 6.74. The normalized spacial score (nSPS) is 13.3. The maximum absolute atomic E-state index is 12.7. The molecule has 1 unspecified atom stereocenters. The van der Waals surface area contributed by atoms with E-state index in [9.17, 15) is 8.42 Å². The number of hydrogen-bond donors (Lipinski definition) is 1. The summed E-state index contributed by atoms with van der Waals surface area (Å²) < 4.78 is 34.9. The molecule has 0 aromatic carbocycles. The molecule has 9 heteroatoms. The molecule has 0 radical (unpaired) electrons. The van der Waals surface area contributed by atoms with Crippen molar-refractivity contribution in [3.63, 3.8) is 0 Å². The largest absolute Gasteiger partial charge is 0.360 e. The van der Waals surface area contributed by atoms with Crippen LogP contribution in [-0.4, -0.2) is 29.9 Å². The highest BCUT2D eigenvalue weighted by Gasteiger charge is 2.27. The third kappa shape index (κ3) is 3.53. The SMILES string of the molecule is Cc1cc(C)n(C(CNS(=O)(=O)c2c(C)noc2C)c2cccs2)n1. The highest BCUT2D eigenvalue weighted by molar-refractivity contribution is 7.89. The molecule has 3 aromatic heterocycles. The van der Waals surface area contributed by atoms with E-state index in [-0.39, 0.29) is 23.2 Å². The summed E-state index contributed by atoms with van der Waals surface area (Å²) in [6.45, 7) is 7.27. The van der Waals surface area contributed by atoms with E-state index in [1.807, 2.05) is 42.1 Å². The minimum absolute atomic E-state index is 0.103. The Hall–Kier alpha value is -1.97. The van der Waals surface area contributed by atoms with Crippen LogP contribution in [0.15, 0.2) is 33.0 Å². The predicted molar refractivity (Wildman–Crippen MR) is 95.3 cm³/mol. The summed E-state index contributed by atoms with van der Waals surface area (Å²) in [4.78, 5) is 1.14. The van der Waals surface area contributed by atoms with Crippen LogP contribution in [0.4, 0.5) is 0 Å². The zero-order chi connectivity index (χ0) is 18.2. The molecule has 1 atom stereocenters. The summed E-state index contributed by atoms with van der Waals surface area (Å²) in [5.41, 5.74) is 2.23. The zero-order valence-corrected chi connectivity index (χ0v) is 16.1. The van der Waals surface area contributed by atoms with Crippen LogP contribution in [0.1, 0.15) is 33.8 Å². The van der Waals surface area contributed by atoms with Gasteiger partial charge in [0.05, 0.1) is 11.7 Å². The molecule has 7 nitrogen and oxygen atoms in total. The van der Waals surface area contributed by atoms with E-state index in [1.165, 1.54) is 0 Å². The lowest BCUT2D eigenvalue weighted by Crippen LogP contribution is -2.32. The average molecular weight is 380 g/mol. The van der Waals surface area contributed by atoms with Gasteiger partial charge in [-0.25, -0.2) is 13.1 Å².